The summed E-state index contributed by atoms with van der Waals surface area (Å²) < 4.78 is 11.0. The normalized spacial score (nSPS) is 14.1. The molecule has 1 N–H and O–H groups in total. The number of benzene rings is 1. The first-order chi connectivity index (χ1) is 9.21. The highest BCUT2D eigenvalue weighted by Gasteiger charge is 2.18. The number of aliphatic hydroxyl groups excluding tert-OH is 1. The van der Waals surface area contributed by atoms with Crippen molar-refractivity contribution in [3.8, 4) is 5.75 Å². The Bertz CT molecular complexity index is 334. The van der Waals surface area contributed by atoms with Gasteiger partial charge in [0.15, 0.2) is 0 Å². The minimum atomic E-state index is -0.358. The van der Waals surface area contributed by atoms with Crippen molar-refractivity contribution in [1.82, 2.24) is 0 Å². The van der Waals surface area contributed by atoms with Crippen molar-refractivity contribution in [2.45, 2.75) is 58.3 Å². The summed E-state index contributed by atoms with van der Waals surface area (Å²) in [5, 5.41) is 10.1. The van der Waals surface area contributed by atoms with Gasteiger partial charge >= 0.3 is 0 Å². The first-order valence-electron chi connectivity index (χ1n) is 7.13. The average Bonchev–Trinajstić information content (AvgIpc) is 2.44. The topological polar surface area (TPSA) is 38.7 Å². The molecule has 0 aliphatic heterocycles. The Hall–Kier alpha value is -1.06. The van der Waals surface area contributed by atoms with E-state index in [0.29, 0.717) is 6.61 Å². The second kappa shape index (κ2) is 8.94. The molecule has 3 heteroatoms. The van der Waals surface area contributed by atoms with Gasteiger partial charge in [-0.15, -0.1) is 0 Å². The van der Waals surface area contributed by atoms with E-state index < -0.39 is 0 Å². The molecule has 1 aromatic rings. The molecule has 0 aliphatic carbocycles. The van der Waals surface area contributed by atoms with Crippen molar-refractivity contribution in [3.05, 3.63) is 29.8 Å². The molecule has 0 amide bonds. The molecule has 0 bridgehead atoms. The fourth-order valence-corrected chi connectivity index (χ4v) is 2.08. The molecular weight excluding hydrogens is 240 g/mol. The van der Waals surface area contributed by atoms with Crippen LogP contribution < -0.4 is 4.74 Å². The fourth-order valence-electron chi connectivity index (χ4n) is 2.08. The summed E-state index contributed by atoms with van der Waals surface area (Å²) >= 11 is 0. The van der Waals surface area contributed by atoms with E-state index in [-0.39, 0.29) is 12.2 Å². The Balaban J connectivity index is 2.49. The van der Waals surface area contributed by atoms with E-state index in [9.17, 15) is 5.11 Å². The minimum absolute atomic E-state index is 0.0629. The van der Waals surface area contributed by atoms with Crippen molar-refractivity contribution in [1.29, 1.82) is 0 Å². The maximum absolute atomic E-state index is 10.1. The van der Waals surface area contributed by atoms with Crippen molar-refractivity contribution in [2.75, 3.05) is 7.11 Å². The molecule has 0 fully saturated rings. The Morgan fingerprint density at radius 3 is 2.21 bits per heavy atom. The summed E-state index contributed by atoms with van der Waals surface area (Å²) in [6, 6.07) is 7.84. The lowest BCUT2D eigenvalue weighted by molar-refractivity contribution is -0.0529. The highest BCUT2D eigenvalue weighted by molar-refractivity contribution is 5.26. The lowest BCUT2D eigenvalue weighted by Crippen LogP contribution is -2.28. The lowest BCUT2D eigenvalue weighted by Gasteiger charge is -2.22. The number of hydrogen-bond donors (Lipinski definition) is 1. The molecule has 19 heavy (non-hydrogen) atoms. The smallest absolute Gasteiger partial charge is 0.118 e. The molecule has 0 saturated carbocycles. The number of hydrogen-bond acceptors (Lipinski definition) is 3. The van der Waals surface area contributed by atoms with Gasteiger partial charge in [0.2, 0.25) is 0 Å². The molecular formula is C16H26O3. The van der Waals surface area contributed by atoms with Crippen LogP contribution in [-0.4, -0.2) is 24.4 Å². The fraction of sp³-hybridized carbons (Fsp3) is 0.625. The number of rotatable bonds is 9. The van der Waals surface area contributed by atoms with E-state index in [1.165, 1.54) is 0 Å². The van der Waals surface area contributed by atoms with Crippen LogP contribution >= 0.6 is 0 Å². The van der Waals surface area contributed by atoms with Gasteiger partial charge in [-0.25, -0.2) is 0 Å². The Labute approximate surface area is 116 Å². The Morgan fingerprint density at radius 2 is 1.68 bits per heavy atom. The van der Waals surface area contributed by atoms with Crippen molar-refractivity contribution < 1.29 is 14.6 Å². The predicted molar refractivity (Wildman–Crippen MR) is 77.4 cm³/mol. The second-order valence-electron chi connectivity index (χ2n) is 4.84. The standard InChI is InChI=1S/C16H26O3/c1-4-6-15(17)16(7-5-2)19-12-13-8-10-14(18-3)11-9-13/h8-11,15-17H,4-7,12H2,1-3H3/t15-,16-/m1/s1. The summed E-state index contributed by atoms with van der Waals surface area (Å²) in [6.45, 7) is 4.73. The maximum Gasteiger partial charge on any atom is 0.118 e. The van der Waals surface area contributed by atoms with Gasteiger partial charge in [0.05, 0.1) is 25.9 Å². The zero-order chi connectivity index (χ0) is 14.1. The molecule has 0 aromatic heterocycles. The number of methoxy groups -OCH3 is 1. The third-order valence-corrected chi connectivity index (χ3v) is 3.21. The maximum atomic E-state index is 10.1. The van der Waals surface area contributed by atoms with Crippen molar-refractivity contribution >= 4 is 0 Å². The van der Waals surface area contributed by atoms with Gasteiger partial charge in [0, 0.05) is 0 Å². The van der Waals surface area contributed by atoms with Crippen LogP contribution in [-0.2, 0) is 11.3 Å². The van der Waals surface area contributed by atoms with Crippen LogP contribution in [0.15, 0.2) is 24.3 Å². The predicted octanol–water partition coefficient (Wildman–Crippen LogP) is 3.54. The third kappa shape index (κ3) is 5.62. The Kier molecular flexibility index (Phi) is 7.53. The molecule has 0 unspecified atom stereocenters. The van der Waals surface area contributed by atoms with Gasteiger partial charge in [0.25, 0.3) is 0 Å². The van der Waals surface area contributed by atoms with Gasteiger partial charge in [0.1, 0.15) is 5.75 Å². The van der Waals surface area contributed by atoms with E-state index in [4.69, 9.17) is 9.47 Å². The van der Waals surface area contributed by atoms with Crippen LogP contribution in [0.1, 0.15) is 45.1 Å². The largest absolute Gasteiger partial charge is 0.497 e. The molecule has 3 nitrogen and oxygen atoms in total. The SMILES string of the molecule is CCC[C@@H](O)[C@@H](CCC)OCc1ccc(OC)cc1. The molecule has 0 radical (unpaired) electrons. The monoisotopic (exact) mass is 266 g/mol. The third-order valence-electron chi connectivity index (χ3n) is 3.21. The molecule has 0 spiro atoms. The van der Waals surface area contributed by atoms with Crippen LogP contribution in [0.2, 0.25) is 0 Å². The molecule has 1 rings (SSSR count). The highest BCUT2D eigenvalue weighted by Crippen LogP contribution is 2.16. The van der Waals surface area contributed by atoms with Crippen LogP contribution in [0, 0.1) is 0 Å². The zero-order valence-electron chi connectivity index (χ0n) is 12.3. The van der Waals surface area contributed by atoms with Crippen LogP contribution in [0.4, 0.5) is 0 Å². The molecule has 2 atom stereocenters. The van der Waals surface area contributed by atoms with E-state index in [1.807, 2.05) is 24.3 Å². The first kappa shape index (κ1) is 16.0. The highest BCUT2D eigenvalue weighted by atomic mass is 16.5. The molecule has 108 valence electrons. The Morgan fingerprint density at radius 1 is 1.05 bits per heavy atom. The summed E-state index contributed by atoms with van der Waals surface area (Å²) in [5.41, 5.74) is 1.10. The number of aliphatic hydroxyl groups is 1. The quantitative estimate of drug-likeness (QED) is 0.743. The summed E-state index contributed by atoms with van der Waals surface area (Å²) in [7, 11) is 1.66. The van der Waals surface area contributed by atoms with Crippen LogP contribution in [0.25, 0.3) is 0 Å². The summed E-state index contributed by atoms with van der Waals surface area (Å²) in [4.78, 5) is 0. The first-order valence-corrected chi connectivity index (χ1v) is 7.13. The van der Waals surface area contributed by atoms with Crippen molar-refractivity contribution in [3.63, 3.8) is 0 Å². The van der Waals surface area contributed by atoms with Crippen LogP contribution in [0.5, 0.6) is 5.75 Å². The lowest BCUT2D eigenvalue weighted by atomic mass is 10.0. The van der Waals surface area contributed by atoms with Gasteiger partial charge in [-0.3, -0.25) is 0 Å². The molecule has 1 aromatic carbocycles. The zero-order valence-corrected chi connectivity index (χ0v) is 12.3. The van der Waals surface area contributed by atoms with Gasteiger partial charge in [-0.05, 0) is 30.5 Å². The molecule has 0 aliphatic rings. The van der Waals surface area contributed by atoms with Crippen molar-refractivity contribution in [2.24, 2.45) is 0 Å². The van der Waals surface area contributed by atoms with Crippen LogP contribution in [0.3, 0.4) is 0 Å². The summed E-state index contributed by atoms with van der Waals surface area (Å²) in [6.07, 6.45) is 3.28. The number of ether oxygens (including phenoxy) is 2. The van der Waals surface area contributed by atoms with Gasteiger partial charge < -0.3 is 14.6 Å². The van der Waals surface area contributed by atoms with E-state index in [1.54, 1.807) is 7.11 Å². The minimum Gasteiger partial charge on any atom is -0.497 e. The second-order valence-corrected chi connectivity index (χ2v) is 4.84. The van der Waals surface area contributed by atoms with E-state index in [0.717, 1.165) is 37.0 Å². The molecule has 0 heterocycles. The summed E-state index contributed by atoms with van der Waals surface area (Å²) in [5.74, 6) is 0.847. The van der Waals surface area contributed by atoms with E-state index in [2.05, 4.69) is 13.8 Å². The average molecular weight is 266 g/mol. The van der Waals surface area contributed by atoms with Gasteiger partial charge in [-0.1, -0.05) is 38.8 Å². The van der Waals surface area contributed by atoms with Gasteiger partial charge in [-0.2, -0.15) is 0 Å². The molecule has 0 saturated heterocycles. The van der Waals surface area contributed by atoms with E-state index >= 15 is 0 Å².